The van der Waals surface area contributed by atoms with Gasteiger partial charge >= 0.3 is 18.1 Å². The molecule has 0 bridgehead atoms. The summed E-state index contributed by atoms with van der Waals surface area (Å²) in [5, 5.41) is 32.9. The summed E-state index contributed by atoms with van der Waals surface area (Å²) in [5.41, 5.74) is 11.7. The fourth-order valence-electron chi connectivity index (χ4n) is 3.51. The van der Waals surface area contributed by atoms with E-state index in [9.17, 15) is 37.9 Å². The number of carbonyl (C=O) groups excluding carboxylic acids is 2. The summed E-state index contributed by atoms with van der Waals surface area (Å²) in [4.78, 5) is 57.4. The lowest BCUT2D eigenvalue weighted by Crippen LogP contribution is -2.71. The van der Waals surface area contributed by atoms with E-state index < -0.39 is 47.1 Å². The van der Waals surface area contributed by atoms with Crippen molar-refractivity contribution in [3.8, 4) is 0 Å². The van der Waals surface area contributed by atoms with Crippen molar-refractivity contribution in [2.24, 2.45) is 10.9 Å². The maximum atomic E-state index is 13.0. The molecule has 14 nitrogen and oxygen atoms in total. The lowest BCUT2D eigenvalue weighted by atomic mass is 10.0. The number of hydrogen-bond acceptors (Lipinski definition) is 14. The molecule has 21 heteroatoms. The molecule has 232 valence electrons. The van der Waals surface area contributed by atoms with E-state index in [1.54, 1.807) is 24.2 Å². The second-order valence-corrected chi connectivity index (χ2v) is 12.4. The quantitative estimate of drug-likeness (QED) is 0.0688. The van der Waals surface area contributed by atoms with Crippen molar-refractivity contribution in [1.29, 1.82) is 0 Å². The van der Waals surface area contributed by atoms with Gasteiger partial charge in [-0.2, -0.15) is 24.9 Å². The maximum absolute atomic E-state index is 13.0. The lowest BCUT2D eigenvalue weighted by molar-refractivity contribution is -0.192. The van der Waals surface area contributed by atoms with Crippen molar-refractivity contribution in [2.75, 3.05) is 23.8 Å². The van der Waals surface area contributed by atoms with E-state index in [4.69, 9.17) is 21.4 Å². The van der Waals surface area contributed by atoms with Crippen LogP contribution in [0.5, 0.6) is 0 Å². The van der Waals surface area contributed by atoms with E-state index >= 15 is 0 Å². The van der Waals surface area contributed by atoms with Crippen LogP contribution in [-0.4, -0.2) is 95.4 Å². The van der Waals surface area contributed by atoms with Gasteiger partial charge in [0, 0.05) is 51.4 Å². The molecule has 2 aromatic rings. The number of aliphatic carboxylic acids is 2. The summed E-state index contributed by atoms with van der Waals surface area (Å²) < 4.78 is 31.7. The number of aromatic nitrogens is 2. The average Bonchev–Trinajstić information content (AvgIpc) is 3.38. The molecule has 0 aliphatic carbocycles. The summed E-state index contributed by atoms with van der Waals surface area (Å²) in [7, 11) is 0. The molecular weight excluding hydrogens is 660 g/mol. The molecule has 8 N–H and O–H groups in total. The first-order valence-electron chi connectivity index (χ1n) is 11.6. The fraction of sp³-hybridized carbons (Fsp3) is 0.318. The molecule has 43 heavy (non-hydrogen) atoms. The van der Waals surface area contributed by atoms with Gasteiger partial charge < -0.3 is 32.2 Å². The normalized spacial score (nSPS) is 18.3. The Labute approximate surface area is 257 Å². The van der Waals surface area contributed by atoms with Crippen LogP contribution < -0.4 is 16.8 Å². The Balaban J connectivity index is 0.000000646. The molecule has 4 rings (SSSR count). The van der Waals surface area contributed by atoms with Gasteiger partial charge in [0.05, 0.1) is 0 Å². The molecule has 0 radical (unpaired) electrons. The Kier molecular flexibility index (Phi) is 11.7. The van der Waals surface area contributed by atoms with Gasteiger partial charge in [-0.15, -0.1) is 23.1 Å². The smallest absolute Gasteiger partial charge is 0.477 e. The van der Waals surface area contributed by atoms with E-state index in [2.05, 4.69) is 20.4 Å². The predicted molar refractivity (Wildman–Crippen MR) is 154 cm³/mol. The minimum Gasteiger partial charge on any atom is -0.477 e. The highest BCUT2D eigenvalue weighted by molar-refractivity contribution is 8.06. The van der Waals surface area contributed by atoms with Crippen LogP contribution in [-0.2, 0) is 24.9 Å². The molecule has 2 aliphatic heterocycles. The summed E-state index contributed by atoms with van der Waals surface area (Å²) >= 11 is 5.35. The van der Waals surface area contributed by atoms with Gasteiger partial charge in [-0.25, -0.2) is 14.6 Å². The van der Waals surface area contributed by atoms with Crippen LogP contribution in [0.1, 0.15) is 11.3 Å². The van der Waals surface area contributed by atoms with Crippen molar-refractivity contribution in [1.82, 2.24) is 20.2 Å². The number of nitrogens with zero attached hydrogens (tertiary/aromatic N) is 4. The van der Waals surface area contributed by atoms with E-state index in [0.717, 1.165) is 27.5 Å². The number of oxime groups is 1. The number of carbonyl (C=O) groups is 4. The molecule has 2 atom stereocenters. The first kappa shape index (κ1) is 34.0. The summed E-state index contributed by atoms with van der Waals surface area (Å²) in [5.74, 6) is -3.59. The van der Waals surface area contributed by atoms with E-state index in [1.807, 2.05) is 6.07 Å². The molecule has 2 amide bonds. The van der Waals surface area contributed by atoms with Gasteiger partial charge in [0.25, 0.3) is 11.8 Å². The molecule has 0 saturated carbocycles. The van der Waals surface area contributed by atoms with Crippen molar-refractivity contribution in [3.05, 3.63) is 45.7 Å². The number of nitrogens with two attached hydrogens (primary N) is 2. The number of amides is 2. The zero-order valence-corrected chi connectivity index (χ0v) is 24.7. The van der Waals surface area contributed by atoms with E-state index in [0.29, 0.717) is 23.0 Å². The van der Waals surface area contributed by atoms with Crippen LogP contribution >= 0.6 is 46.6 Å². The van der Waals surface area contributed by atoms with Gasteiger partial charge in [-0.05, 0) is 11.6 Å². The Morgan fingerprint density at radius 2 is 1.98 bits per heavy atom. The van der Waals surface area contributed by atoms with Crippen molar-refractivity contribution >= 4 is 81.2 Å². The SMILES string of the molecule is NCCSCc1cnccc1SC1=C(C(=O)O)N2C(=O)[C@@H](NC(=O)/C(=N\O)c3csc(N)n3)[C@H]2SC1.O=C(O)C(F)(F)F. The highest BCUT2D eigenvalue weighted by Gasteiger charge is 2.54. The zero-order valence-electron chi connectivity index (χ0n) is 21.5. The number of thiazole rings is 1. The number of hydrogen-bond donors (Lipinski definition) is 6. The molecule has 4 heterocycles. The van der Waals surface area contributed by atoms with Crippen LogP contribution in [0, 0.1) is 0 Å². The second kappa shape index (κ2) is 14.8. The number of nitrogens with one attached hydrogen (secondary N) is 1. The number of nitrogen functional groups attached to an aromatic ring is 1. The topological polar surface area (TPSA) is 234 Å². The fourth-order valence-corrected chi connectivity index (χ4v) is 7.48. The van der Waals surface area contributed by atoms with Crippen LogP contribution in [0.2, 0.25) is 0 Å². The maximum Gasteiger partial charge on any atom is 0.490 e. The van der Waals surface area contributed by atoms with Crippen LogP contribution in [0.4, 0.5) is 18.3 Å². The predicted octanol–water partition coefficient (Wildman–Crippen LogP) is 1.61. The van der Waals surface area contributed by atoms with Gasteiger partial charge in [-0.3, -0.25) is 19.5 Å². The molecule has 0 unspecified atom stereocenters. The largest absolute Gasteiger partial charge is 0.490 e. The third-order valence-corrected chi connectivity index (χ3v) is 9.73. The first-order chi connectivity index (χ1) is 20.3. The Hall–Kier alpha value is -3.53. The number of halogens is 3. The standard InChI is InChI=1S/C20H21N7O5S4.C2HF3O2/c21-2-4-33-6-9-5-23-3-1-11(9)36-12-8-34-18-14(17(29)27(18)15(12)19(30)31)25-16(28)13(26-32)10-7-35-20(22)24-10;3-2(4,5)1(6)7/h1,3,5,7,14,18,32H,2,4,6,8,21H2,(H2,22,24)(H,25,28)(H,30,31);(H,6,7)/b26-13-;/t14-,18-;/m1./s1. The molecule has 2 aromatic heterocycles. The van der Waals surface area contributed by atoms with Crippen molar-refractivity contribution in [3.63, 3.8) is 0 Å². The number of carboxylic acids is 2. The number of fused-ring (bicyclic) bond motifs is 1. The van der Waals surface area contributed by atoms with E-state index in [-0.39, 0.29) is 16.5 Å². The molecule has 0 aromatic carbocycles. The number of anilines is 1. The summed E-state index contributed by atoms with van der Waals surface area (Å²) in [6.45, 7) is 0.554. The molecule has 1 saturated heterocycles. The first-order valence-corrected chi connectivity index (χ1v) is 15.5. The highest BCUT2D eigenvalue weighted by Crippen LogP contribution is 2.45. The number of thioether (sulfide) groups is 3. The molecule has 1 fully saturated rings. The van der Waals surface area contributed by atoms with Crippen molar-refractivity contribution in [2.45, 2.75) is 28.2 Å². The number of carboxylic acid groups (broad SMARTS) is 2. The summed E-state index contributed by atoms with van der Waals surface area (Å²) in [6.07, 6.45) is -1.71. The lowest BCUT2D eigenvalue weighted by Gasteiger charge is -2.49. The number of pyridine rings is 1. The monoisotopic (exact) mass is 681 g/mol. The Bertz CT molecular complexity index is 1450. The second-order valence-electron chi connectivity index (χ2n) is 8.19. The highest BCUT2D eigenvalue weighted by atomic mass is 32.2. The number of alkyl halides is 3. The third kappa shape index (κ3) is 8.31. The van der Waals surface area contributed by atoms with Crippen LogP contribution in [0.25, 0.3) is 0 Å². The third-order valence-electron chi connectivity index (χ3n) is 5.36. The minimum atomic E-state index is -5.08. The number of rotatable bonds is 10. The van der Waals surface area contributed by atoms with E-state index in [1.165, 1.54) is 33.8 Å². The Morgan fingerprint density at radius 3 is 2.53 bits per heavy atom. The van der Waals surface area contributed by atoms with Gasteiger partial charge in [-0.1, -0.05) is 16.9 Å². The summed E-state index contributed by atoms with van der Waals surface area (Å²) in [6, 6.07) is 0.828. The minimum absolute atomic E-state index is 0.0695. The Morgan fingerprint density at radius 1 is 1.28 bits per heavy atom. The van der Waals surface area contributed by atoms with Gasteiger partial charge in [0.15, 0.2) is 10.8 Å². The van der Waals surface area contributed by atoms with Crippen LogP contribution in [0.15, 0.2) is 44.5 Å². The zero-order chi connectivity index (χ0) is 31.9. The van der Waals surface area contributed by atoms with Gasteiger partial charge in [0.2, 0.25) is 0 Å². The molecular formula is C22H22F3N7O7S4. The molecule has 2 aliphatic rings. The van der Waals surface area contributed by atoms with Crippen molar-refractivity contribution < 1.29 is 47.8 Å². The number of β-lactam (4-membered cyclic amide) rings is 1. The van der Waals surface area contributed by atoms with Crippen LogP contribution in [0.3, 0.4) is 0 Å². The average molecular weight is 682 g/mol. The molecule has 0 spiro atoms. The van der Waals surface area contributed by atoms with Gasteiger partial charge in [0.1, 0.15) is 22.8 Å².